The largest absolute Gasteiger partial charge is 0.476 e. The maximum Gasteiger partial charge on any atom is 0.358 e. The summed E-state index contributed by atoms with van der Waals surface area (Å²) in [7, 11) is 0. The Morgan fingerprint density at radius 1 is 1.44 bits per heavy atom. The Morgan fingerprint density at radius 2 is 2.25 bits per heavy atom. The summed E-state index contributed by atoms with van der Waals surface area (Å²) in [4.78, 5) is 18.4. The van der Waals surface area contributed by atoms with E-state index in [2.05, 4.69) is 25.0 Å². The van der Waals surface area contributed by atoms with Crippen LogP contribution in [0.4, 0.5) is 5.82 Å². The summed E-state index contributed by atoms with van der Waals surface area (Å²) >= 11 is 0. The topological polar surface area (TPSA) is 101 Å². The zero-order valence-electron chi connectivity index (χ0n) is 8.12. The summed E-state index contributed by atoms with van der Waals surface area (Å²) in [5.41, 5.74) is 0.535. The Bertz CT molecular complexity index is 483. The average Bonchev–Trinajstić information content (AvgIpc) is 2.79. The van der Waals surface area contributed by atoms with Crippen LogP contribution in [0.25, 0.3) is 0 Å². The van der Waals surface area contributed by atoms with E-state index in [1.54, 1.807) is 6.07 Å². The molecule has 82 valence electrons. The van der Waals surface area contributed by atoms with Gasteiger partial charge in [0.25, 0.3) is 0 Å². The first-order valence-electron chi connectivity index (χ1n) is 4.45. The molecule has 16 heavy (non-hydrogen) atoms. The van der Waals surface area contributed by atoms with Crippen molar-refractivity contribution < 1.29 is 14.4 Å². The van der Waals surface area contributed by atoms with Crippen LogP contribution < -0.4 is 5.32 Å². The van der Waals surface area contributed by atoms with Gasteiger partial charge < -0.3 is 14.9 Å². The fraction of sp³-hybridized carbons (Fsp3) is 0.111. The maximum atomic E-state index is 10.8. The number of carboxylic acids is 1. The van der Waals surface area contributed by atoms with Gasteiger partial charge in [-0.2, -0.15) is 0 Å². The molecule has 2 aromatic rings. The minimum absolute atomic E-state index is 0.119. The fourth-order valence-electron chi connectivity index (χ4n) is 1.13. The van der Waals surface area contributed by atoms with Crippen molar-refractivity contribution in [2.24, 2.45) is 0 Å². The molecule has 0 saturated heterocycles. The van der Waals surface area contributed by atoms with E-state index in [-0.39, 0.29) is 11.5 Å². The minimum Gasteiger partial charge on any atom is -0.476 e. The minimum atomic E-state index is -1.13. The zero-order valence-corrected chi connectivity index (χ0v) is 8.12. The average molecular weight is 220 g/mol. The van der Waals surface area contributed by atoms with Gasteiger partial charge in [0.15, 0.2) is 11.5 Å². The monoisotopic (exact) mass is 220 g/mol. The second-order valence-corrected chi connectivity index (χ2v) is 2.90. The molecule has 0 spiro atoms. The molecule has 0 amide bonds. The van der Waals surface area contributed by atoms with Gasteiger partial charge >= 0.3 is 5.97 Å². The third kappa shape index (κ3) is 2.14. The highest BCUT2D eigenvalue weighted by atomic mass is 16.5. The van der Waals surface area contributed by atoms with Crippen LogP contribution in [0, 0.1) is 0 Å². The van der Waals surface area contributed by atoms with Crippen molar-refractivity contribution in [2.45, 2.75) is 6.54 Å². The molecule has 7 nitrogen and oxygen atoms in total. The summed E-state index contributed by atoms with van der Waals surface area (Å²) in [5, 5.41) is 15.3. The second kappa shape index (κ2) is 4.39. The smallest absolute Gasteiger partial charge is 0.358 e. The highest BCUT2D eigenvalue weighted by Crippen LogP contribution is 2.09. The van der Waals surface area contributed by atoms with Crippen molar-refractivity contribution in [1.29, 1.82) is 0 Å². The molecule has 0 aromatic carbocycles. The van der Waals surface area contributed by atoms with Crippen LogP contribution in [0.5, 0.6) is 0 Å². The summed E-state index contributed by atoms with van der Waals surface area (Å²) in [6.45, 7) is 0.329. The maximum absolute atomic E-state index is 10.8. The number of hydrogen-bond acceptors (Lipinski definition) is 6. The Hall–Kier alpha value is -2.44. The van der Waals surface area contributed by atoms with Crippen LogP contribution in [0.3, 0.4) is 0 Å². The van der Waals surface area contributed by atoms with E-state index >= 15 is 0 Å². The first kappa shape index (κ1) is 10.1. The van der Waals surface area contributed by atoms with E-state index in [9.17, 15) is 4.79 Å². The molecule has 7 heteroatoms. The number of anilines is 1. The van der Waals surface area contributed by atoms with Crippen molar-refractivity contribution in [3.8, 4) is 0 Å². The van der Waals surface area contributed by atoms with Crippen LogP contribution in [0.15, 0.2) is 29.2 Å². The normalized spacial score (nSPS) is 10.0. The molecular weight excluding hydrogens is 212 g/mol. The predicted molar refractivity (Wildman–Crippen MR) is 52.8 cm³/mol. The van der Waals surface area contributed by atoms with Crippen LogP contribution in [0.2, 0.25) is 0 Å². The van der Waals surface area contributed by atoms with Crippen molar-refractivity contribution >= 4 is 11.8 Å². The highest BCUT2D eigenvalue weighted by Gasteiger charge is 2.12. The van der Waals surface area contributed by atoms with Crippen LogP contribution in [0.1, 0.15) is 16.2 Å². The summed E-state index contributed by atoms with van der Waals surface area (Å²) < 4.78 is 4.64. The van der Waals surface area contributed by atoms with E-state index in [0.717, 1.165) is 0 Å². The van der Waals surface area contributed by atoms with Gasteiger partial charge in [0.1, 0.15) is 12.0 Å². The molecule has 0 fully saturated rings. The van der Waals surface area contributed by atoms with Crippen molar-refractivity contribution in [3.63, 3.8) is 0 Å². The van der Waals surface area contributed by atoms with Crippen molar-refractivity contribution in [3.05, 3.63) is 36.1 Å². The highest BCUT2D eigenvalue weighted by molar-refractivity contribution is 5.90. The van der Waals surface area contributed by atoms with Gasteiger partial charge in [-0.25, -0.2) is 14.8 Å². The molecule has 2 N–H and O–H groups in total. The van der Waals surface area contributed by atoms with E-state index < -0.39 is 5.97 Å². The molecule has 0 atom stereocenters. The van der Waals surface area contributed by atoms with Gasteiger partial charge in [-0.05, 0) is 0 Å². The summed E-state index contributed by atoms with van der Waals surface area (Å²) in [6, 6.07) is 1.67. The van der Waals surface area contributed by atoms with Crippen LogP contribution >= 0.6 is 0 Å². The number of nitrogens with one attached hydrogen (secondary N) is 1. The number of aromatic nitrogens is 3. The number of aromatic carboxylic acids is 1. The number of rotatable bonds is 4. The lowest BCUT2D eigenvalue weighted by Gasteiger charge is -2.04. The molecule has 0 aliphatic carbocycles. The first-order chi connectivity index (χ1) is 7.77. The number of nitrogens with zero attached hydrogens (tertiary/aromatic N) is 3. The third-order valence-electron chi connectivity index (χ3n) is 1.83. The van der Waals surface area contributed by atoms with E-state index in [4.69, 9.17) is 5.11 Å². The molecule has 0 radical (unpaired) electrons. The number of hydrogen-bond donors (Lipinski definition) is 2. The summed E-state index contributed by atoms with van der Waals surface area (Å²) in [6.07, 6.45) is 4.17. The SMILES string of the molecule is O=C(O)c1nccnc1NCc1ccon1. The molecule has 2 aromatic heterocycles. The number of carbonyl (C=O) groups is 1. The van der Waals surface area contributed by atoms with E-state index in [1.165, 1.54) is 18.7 Å². The lowest BCUT2D eigenvalue weighted by atomic mass is 10.4. The van der Waals surface area contributed by atoms with Crippen molar-refractivity contribution in [2.75, 3.05) is 5.32 Å². The Morgan fingerprint density at radius 3 is 2.94 bits per heavy atom. The van der Waals surface area contributed by atoms with Crippen LogP contribution in [-0.4, -0.2) is 26.2 Å². The van der Waals surface area contributed by atoms with Gasteiger partial charge in [0.05, 0.1) is 6.54 Å². The van der Waals surface area contributed by atoms with Crippen molar-refractivity contribution in [1.82, 2.24) is 15.1 Å². The third-order valence-corrected chi connectivity index (χ3v) is 1.83. The lowest BCUT2D eigenvalue weighted by Crippen LogP contribution is -2.10. The van der Waals surface area contributed by atoms with E-state index in [1.807, 2.05) is 0 Å². The Labute approximate surface area is 90.1 Å². The molecule has 0 unspecified atom stereocenters. The lowest BCUT2D eigenvalue weighted by molar-refractivity contribution is 0.0691. The van der Waals surface area contributed by atoms with Crippen LogP contribution in [-0.2, 0) is 6.54 Å². The molecule has 0 aliphatic heterocycles. The van der Waals surface area contributed by atoms with Gasteiger partial charge in [0, 0.05) is 18.5 Å². The van der Waals surface area contributed by atoms with Gasteiger partial charge in [-0.3, -0.25) is 0 Å². The van der Waals surface area contributed by atoms with E-state index in [0.29, 0.717) is 12.2 Å². The quantitative estimate of drug-likeness (QED) is 0.784. The molecule has 0 bridgehead atoms. The first-order valence-corrected chi connectivity index (χ1v) is 4.45. The molecular formula is C9H8N4O3. The summed E-state index contributed by atoms with van der Waals surface area (Å²) in [5.74, 6) is -0.922. The van der Waals surface area contributed by atoms with Gasteiger partial charge in [-0.1, -0.05) is 5.16 Å². The molecule has 2 heterocycles. The Kier molecular flexibility index (Phi) is 2.77. The zero-order chi connectivity index (χ0) is 11.4. The van der Waals surface area contributed by atoms with Gasteiger partial charge in [0.2, 0.25) is 0 Å². The predicted octanol–water partition coefficient (Wildman–Crippen LogP) is 0.775. The Balaban J connectivity index is 2.12. The molecule has 0 saturated carbocycles. The number of carboxylic acid groups (broad SMARTS) is 1. The molecule has 2 rings (SSSR count). The second-order valence-electron chi connectivity index (χ2n) is 2.90. The van der Waals surface area contributed by atoms with Gasteiger partial charge in [-0.15, -0.1) is 0 Å². The molecule has 0 aliphatic rings. The standard InChI is InChI=1S/C9H8N4O3/c14-9(15)7-8(11-3-2-10-7)12-5-6-1-4-16-13-6/h1-4H,5H2,(H,11,12)(H,14,15). The fourth-order valence-corrected chi connectivity index (χ4v) is 1.13.